The largest absolute Gasteiger partial charge is 0.493 e. The van der Waals surface area contributed by atoms with Gasteiger partial charge in [0.1, 0.15) is 11.3 Å². The van der Waals surface area contributed by atoms with Gasteiger partial charge < -0.3 is 23.9 Å². The van der Waals surface area contributed by atoms with Gasteiger partial charge in [-0.05, 0) is 37.3 Å². The highest BCUT2D eigenvalue weighted by atomic mass is 32.2. The predicted octanol–water partition coefficient (Wildman–Crippen LogP) is 3.99. The van der Waals surface area contributed by atoms with Crippen molar-refractivity contribution >= 4 is 49.8 Å². The molecule has 1 N–H and O–H groups in total. The van der Waals surface area contributed by atoms with Gasteiger partial charge in [0, 0.05) is 42.2 Å². The number of ether oxygens (including phenoxy) is 2. The van der Waals surface area contributed by atoms with Gasteiger partial charge in [-0.1, -0.05) is 29.0 Å². The summed E-state index contributed by atoms with van der Waals surface area (Å²) in [6, 6.07) is 11.6. The number of thiazole rings is 1. The van der Waals surface area contributed by atoms with Crippen LogP contribution < -0.4 is 9.64 Å². The van der Waals surface area contributed by atoms with Crippen molar-refractivity contribution in [2.75, 3.05) is 51.0 Å². The number of morpholine rings is 1. The Morgan fingerprint density at radius 3 is 2.69 bits per heavy atom. The van der Waals surface area contributed by atoms with Crippen molar-refractivity contribution in [2.45, 2.75) is 11.8 Å². The van der Waals surface area contributed by atoms with Crippen molar-refractivity contribution < 1.29 is 31.6 Å². The molecule has 1 unspecified atom stereocenters. The van der Waals surface area contributed by atoms with Crippen molar-refractivity contribution in [2.24, 2.45) is 5.92 Å². The number of oxazole rings is 1. The lowest BCUT2D eigenvalue weighted by Gasteiger charge is -2.25. The highest BCUT2D eigenvalue weighted by Crippen LogP contribution is 2.26. The summed E-state index contributed by atoms with van der Waals surface area (Å²) in [5, 5.41) is 10.7. The Hall–Kier alpha value is -3.29. The first kappa shape index (κ1) is 27.3. The topological polar surface area (TPSA) is 124 Å². The number of nitrogens with zero attached hydrogens (tertiary/aromatic N) is 3. The summed E-state index contributed by atoms with van der Waals surface area (Å²) in [6.07, 6.45) is 5.54. The van der Waals surface area contributed by atoms with Gasteiger partial charge in [-0.25, -0.2) is 9.97 Å². The Labute approximate surface area is 230 Å². The second kappa shape index (κ2) is 12.3. The van der Waals surface area contributed by atoms with Crippen LogP contribution in [0.1, 0.15) is 16.3 Å². The smallest absolute Gasteiger partial charge is 0.296 e. The van der Waals surface area contributed by atoms with Crippen LogP contribution in [0.3, 0.4) is 0 Å². The van der Waals surface area contributed by atoms with E-state index in [2.05, 4.69) is 14.9 Å². The third-order valence-electron chi connectivity index (χ3n) is 6.07. The lowest BCUT2D eigenvalue weighted by atomic mass is 10.2. The number of aliphatic hydroxyl groups excluding tert-OH is 1. The van der Waals surface area contributed by atoms with E-state index in [0.717, 1.165) is 28.7 Å². The summed E-state index contributed by atoms with van der Waals surface area (Å²) in [4.78, 5) is 12.3. The number of aromatic nitrogens is 2. The van der Waals surface area contributed by atoms with E-state index in [-0.39, 0.29) is 24.7 Å². The van der Waals surface area contributed by atoms with Gasteiger partial charge in [0.15, 0.2) is 10.7 Å². The zero-order valence-electron chi connectivity index (χ0n) is 21.4. The van der Waals surface area contributed by atoms with Gasteiger partial charge in [0.05, 0.1) is 37.9 Å². The van der Waals surface area contributed by atoms with Crippen LogP contribution in [0.2, 0.25) is 0 Å². The van der Waals surface area contributed by atoms with Gasteiger partial charge in [0.2, 0.25) is 5.89 Å². The van der Waals surface area contributed by atoms with Crippen LogP contribution in [0, 0.1) is 12.8 Å². The van der Waals surface area contributed by atoms with Gasteiger partial charge >= 0.3 is 0 Å². The second-order valence-electron chi connectivity index (χ2n) is 9.07. The summed E-state index contributed by atoms with van der Waals surface area (Å²) < 4.78 is 47.1. The molecule has 0 radical (unpaired) electrons. The second-order valence-corrected chi connectivity index (χ2v) is 11.7. The molecule has 206 valence electrons. The summed E-state index contributed by atoms with van der Waals surface area (Å²) in [5.74, 6) is 0.411. The fourth-order valence-corrected chi connectivity index (χ4v) is 5.66. The van der Waals surface area contributed by atoms with Crippen LogP contribution in [-0.4, -0.2) is 69.6 Å². The molecule has 3 heterocycles. The van der Waals surface area contributed by atoms with E-state index < -0.39 is 16.0 Å². The Morgan fingerprint density at radius 2 is 1.92 bits per heavy atom. The van der Waals surface area contributed by atoms with Gasteiger partial charge in [0.25, 0.3) is 10.1 Å². The summed E-state index contributed by atoms with van der Waals surface area (Å²) >= 11 is 1.60. The maximum atomic E-state index is 12.4. The zero-order valence-corrected chi connectivity index (χ0v) is 23.0. The number of fused-ring (bicyclic) bond motifs is 1. The number of hydrogen-bond acceptors (Lipinski definition) is 11. The average molecular weight is 572 g/mol. The van der Waals surface area contributed by atoms with Crippen LogP contribution in [0.5, 0.6) is 5.75 Å². The number of anilines is 1. The lowest BCUT2D eigenvalue weighted by Crippen LogP contribution is -2.36. The zero-order chi connectivity index (χ0) is 27.2. The van der Waals surface area contributed by atoms with Crippen LogP contribution in [0.25, 0.3) is 23.3 Å². The molecule has 10 nitrogen and oxygen atoms in total. The van der Waals surface area contributed by atoms with Crippen molar-refractivity contribution in [1.29, 1.82) is 0 Å². The molecule has 1 saturated heterocycles. The van der Waals surface area contributed by atoms with Crippen LogP contribution in [0.4, 0.5) is 5.13 Å². The van der Waals surface area contributed by atoms with Crippen LogP contribution in [0.15, 0.2) is 58.0 Å². The molecule has 12 heteroatoms. The van der Waals surface area contributed by atoms with Crippen molar-refractivity contribution in [3.8, 4) is 5.75 Å². The maximum absolute atomic E-state index is 12.4. The van der Waals surface area contributed by atoms with Crippen molar-refractivity contribution in [3.63, 3.8) is 0 Å². The molecule has 1 atom stereocenters. The molecule has 5 rings (SSSR count). The summed E-state index contributed by atoms with van der Waals surface area (Å²) in [6.45, 7) is 4.52. The third-order valence-corrected chi connectivity index (χ3v) is 8.39. The maximum Gasteiger partial charge on any atom is 0.296 e. The van der Waals surface area contributed by atoms with E-state index in [1.165, 1.54) is 12.1 Å². The number of aryl methyl sites for hydroxylation is 1. The summed E-state index contributed by atoms with van der Waals surface area (Å²) in [7, 11) is -3.93. The minimum Gasteiger partial charge on any atom is -0.493 e. The molecule has 0 bridgehead atoms. The molecule has 0 aliphatic carbocycles. The SMILES string of the molecule is Cc1ccc(S(=O)(=O)OCC(CO)COc2ccc3nc(C=Cc4cnc(N5CCOCC5)s4)oc3c2)cc1. The van der Waals surface area contributed by atoms with E-state index >= 15 is 0 Å². The Balaban J connectivity index is 1.17. The molecule has 2 aromatic heterocycles. The molecule has 1 aliphatic heterocycles. The van der Waals surface area contributed by atoms with Gasteiger partial charge in [-0.3, -0.25) is 4.18 Å². The Kier molecular flexibility index (Phi) is 8.58. The number of benzene rings is 2. The van der Waals surface area contributed by atoms with Crippen molar-refractivity contribution in [1.82, 2.24) is 9.97 Å². The normalized spacial score (nSPS) is 15.3. The highest BCUT2D eigenvalue weighted by molar-refractivity contribution is 7.86. The molecule has 0 saturated carbocycles. The number of hydrogen-bond donors (Lipinski definition) is 1. The quantitative estimate of drug-likeness (QED) is 0.264. The number of aliphatic hydroxyl groups is 1. The molecule has 39 heavy (non-hydrogen) atoms. The molecule has 0 spiro atoms. The predicted molar refractivity (Wildman–Crippen MR) is 148 cm³/mol. The van der Waals surface area contributed by atoms with Crippen LogP contribution in [-0.2, 0) is 19.0 Å². The van der Waals surface area contributed by atoms with Gasteiger partial charge in [-0.2, -0.15) is 8.42 Å². The first-order valence-corrected chi connectivity index (χ1v) is 14.7. The third kappa shape index (κ3) is 7.02. The monoisotopic (exact) mass is 571 g/mol. The highest BCUT2D eigenvalue weighted by Gasteiger charge is 2.19. The summed E-state index contributed by atoms with van der Waals surface area (Å²) in [5.41, 5.74) is 2.16. The molecule has 0 amide bonds. The first-order valence-electron chi connectivity index (χ1n) is 12.5. The molecule has 1 fully saturated rings. The van der Waals surface area contributed by atoms with E-state index in [4.69, 9.17) is 18.1 Å². The lowest BCUT2D eigenvalue weighted by molar-refractivity contribution is 0.118. The van der Waals surface area contributed by atoms with E-state index in [1.807, 2.05) is 19.2 Å². The van der Waals surface area contributed by atoms with Gasteiger partial charge in [-0.15, -0.1) is 0 Å². The fourth-order valence-electron chi connectivity index (χ4n) is 3.82. The van der Waals surface area contributed by atoms with E-state index in [1.54, 1.807) is 47.7 Å². The minimum absolute atomic E-state index is 0.0587. The number of rotatable bonds is 11. The molecular weight excluding hydrogens is 542 g/mol. The Bertz CT molecular complexity index is 1520. The first-order chi connectivity index (χ1) is 18.9. The van der Waals surface area contributed by atoms with Crippen LogP contribution >= 0.6 is 11.3 Å². The molecule has 1 aliphatic rings. The molecule has 2 aromatic carbocycles. The standard InChI is InChI=1S/C27H29N3O7S2/c1-19-2-6-23(7-3-19)39(32,33)36-18-20(16-31)17-35-21-4-8-24-25(14-21)37-26(29-24)9-5-22-15-28-27(38-22)30-10-12-34-13-11-30/h2-9,14-15,20,31H,10-13,16-18H2,1H3. The fraction of sp³-hybridized carbons (Fsp3) is 0.333. The molecular formula is C27H29N3O7S2. The van der Waals surface area contributed by atoms with E-state index in [9.17, 15) is 13.5 Å². The minimum atomic E-state index is -3.93. The Morgan fingerprint density at radius 1 is 1.13 bits per heavy atom. The van der Waals surface area contributed by atoms with E-state index in [0.29, 0.717) is 36.0 Å². The van der Waals surface area contributed by atoms with Crippen molar-refractivity contribution in [3.05, 3.63) is 65.0 Å². The molecule has 4 aromatic rings. The average Bonchev–Trinajstić information content (AvgIpc) is 3.59.